The van der Waals surface area contributed by atoms with Crippen LogP contribution in [0.1, 0.15) is 12.8 Å². The molecule has 0 saturated carbocycles. The molecule has 1 heterocycles. The Bertz CT molecular complexity index is 76.6. The highest BCUT2D eigenvalue weighted by atomic mass is 16.7. The lowest BCUT2D eigenvalue weighted by atomic mass is 10.4. The van der Waals surface area contributed by atoms with Crippen molar-refractivity contribution in [2.45, 2.75) is 12.8 Å². The van der Waals surface area contributed by atoms with Gasteiger partial charge in [-0.3, -0.25) is 0 Å². The summed E-state index contributed by atoms with van der Waals surface area (Å²) < 4.78 is 0. The van der Waals surface area contributed by atoms with Gasteiger partial charge in [-0.05, 0) is 12.8 Å². The molecule has 1 aliphatic heterocycles. The maximum Gasteiger partial charge on any atom is 0.104 e. The van der Waals surface area contributed by atoms with Crippen LogP contribution in [0.3, 0.4) is 0 Å². The highest BCUT2D eigenvalue weighted by Gasteiger charge is 2.09. The minimum Gasteiger partial charge on any atom is -0.414 e. The molecular formula is C6H11NO. The van der Waals surface area contributed by atoms with Gasteiger partial charge >= 0.3 is 0 Å². The molecule has 8 heavy (non-hydrogen) atoms. The Morgan fingerprint density at radius 2 is 2.00 bits per heavy atom. The molecule has 1 rings (SSSR count). The van der Waals surface area contributed by atoms with Crippen molar-refractivity contribution in [1.82, 2.24) is 5.06 Å². The number of hydroxylamine groups is 2. The standard InChI is InChI=1S/C6H11NO/c1-2-8-7-5-3-4-6-7/h2H,1,3-6H2. The Kier molecular flexibility index (Phi) is 1.92. The normalized spacial score (nSPS) is 21.0. The molecule has 0 unspecified atom stereocenters. The van der Waals surface area contributed by atoms with Crippen molar-refractivity contribution < 1.29 is 4.84 Å². The molecule has 0 spiro atoms. The number of rotatable bonds is 2. The molecule has 0 aromatic heterocycles. The van der Waals surface area contributed by atoms with E-state index in [1.807, 2.05) is 5.06 Å². The Morgan fingerprint density at radius 3 is 2.50 bits per heavy atom. The molecule has 0 bridgehead atoms. The van der Waals surface area contributed by atoms with Gasteiger partial charge in [0.1, 0.15) is 6.26 Å². The summed E-state index contributed by atoms with van der Waals surface area (Å²) in [5.74, 6) is 0. The predicted molar refractivity (Wildman–Crippen MR) is 32.1 cm³/mol. The molecule has 2 nitrogen and oxygen atoms in total. The number of hydrogen-bond donors (Lipinski definition) is 0. The van der Waals surface area contributed by atoms with E-state index in [0.717, 1.165) is 13.1 Å². The van der Waals surface area contributed by atoms with E-state index in [-0.39, 0.29) is 0 Å². The zero-order chi connectivity index (χ0) is 5.82. The number of nitrogens with zero attached hydrogens (tertiary/aromatic N) is 1. The van der Waals surface area contributed by atoms with Gasteiger partial charge in [-0.25, -0.2) is 0 Å². The van der Waals surface area contributed by atoms with Crippen LogP contribution < -0.4 is 0 Å². The van der Waals surface area contributed by atoms with Gasteiger partial charge < -0.3 is 4.84 Å². The summed E-state index contributed by atoms with van der Waals surface area (Å²) in [4.78, 5) is 5.00. The summed E-state index contributed by atoms with van der Waals surface area (Å²) in [5, 5.41) is 1.92. The Balaban J connectivity index is 2.14. The molecule has 0 atom stereocenters. The van der Waals surface area contributed by atoms with Crippen LogP contribution in [0.25, 0.3) is 0 Å². The molecule has 2 heteroatoms. The summed E-state index contributed by atoms with van der Waals surface area (Å²) in [7, 11) is 0. The summed E-state index contributed by atoms with van der Waals surface area (Å²) in [6, 6.07) is 0. The van der Waals surface area contributed by atoms with Crippen LogP contribution in [0.4, 0.5) is 0 Å². The molecule has 0 aliphatic carbocycles. The molecule has 0 amide bonds. The highest BCUT2D eigenvalue weighted by Crippen LogP contribution is 2.06. The van der Waals surface area contributed by atoms with Crippen molar-refractivity contribution >= 4 is 0 Å². The maximum absolute atomic E-state index is 5.00. The van der Waals surface area contributed by atoms with Crippen LogP contribution in [0.15, 0.2) is 12.8 Å². The third kappa shape index (κ3) is 1.23. The van der Waals surface area contributed by atoms with Crippen LogP contribution >= 0.6 is 0 Å². The van der Waals surface area contributed by atoms with E-state index in [4.69, 9.17) is 4.84 Å². The van der Waals surface area contributed by atoms with E-state index in [2.05, 4.69) is 6.58 Å². The number of hydrogen-bond acceptors (Lipinski definition) is 2. The molecule has 1 saturated heterocycles. The molecular weight excluding hydrogens is 102 g/mol. The fraction of sp³-hybridized carbons (Fsp3) is 0.667. The van der Waals surface area contributed by atoms with E-state index in [1.54, 1.807) is 0 Å². The summed E-state index contributed by atoms with van der Waals surface area (Å²) >= 11 is 0. The van der Waals surface area contributed by atoms with Crippen molar-refractivity contribution in [3.05, 3.63) is 12.8 Å². The first-order chi connectivity index (χ1) is 3.93. The van der Waals surface area contributed by atoms with E-state index < -0.39 is 0 Å². The predicted octanol–water partition coefficient (Wildman–Crippen LogP) is 1.16. The molecule has 46 valence electrons. The van der Waals surface area contributed by atoms with Crippen molar-refractivity contribution in [3.63, 3.8) is 0 Å². The van der Waals surface area contributed by atoms with Crippen LogP contribution in [0, 0.1) is 0 Å². The first-order valence-corrected chi connectivity index (χ1v) is 2.96. The SMILES string of the molecule is C=CON1CCCC1. The van der Waals surface area contributed by atoms with Gasteiger partial charge in [-0.15, -0.1) is 5.06 Å². The minimum absolute atomic E-state index is 1.06. The summed E-state index contributed by atoms with van der Waals surface area (Å²) in [5.41, 5.74) is 0. The van der Waals surface area contributed by atoms with Gasteiger partial charge in [0.2, 0.25) is 0 Å². The summed E-state index contributed by atoms with van der Waals surface area (Å²) in [6.45, 7) is 5.58. The lowest BCUT2D eigenvalue weighted by Gasteiger charge is -2.10. The second kappa shape index (κ2) is 2.72. The molecule has 1 fully saturated rings. The van der Waals surface area contributed by atoms with E-state index in [9.17, 15) is 0 Å². The Labute approximate surface area is 49.7 Å². The third-order valence-corrected chi connectivity index (χ3v) is 1.29. The van der Waals surface area contributed by atoms with Gasteiger partial charge in [0.15, 0.2) is 0 Å². The monoisotopic (exact) mass is 113 g/mol. The quantitative estimate of drug-likeness (QED) is 0.498. The third-order valence-electron chi connectivity index (χ3n) is 1.29. The lowest BCUT2D eigenvalue weighted by molar-refractivity contribution is -0.0815. The minimum atomic E-state index is 1.06. The van der Waals surface area contributed by atoms with Crippen molar-refractivity contribution in [1.29, 1.82) is 0 Å². The van der Waals surface area contributed by atoms with E-state index >= 15 is 0 Å². The molecule has 0 aromatic rings. The highest BCUT2D eigenvalue weighted by molar-refractivity contribution is 4.59. The second-order valence-corrected chi connectivity index (χ2v) is 1.91. The van der Waals surface area contributed by atoms with Gasteiger partial charge in [-0.2, -0.15) is 0 Å². The van der Waals surface area contributed by atoms with E-state index in [1.165, 1.54) is 19.1 Å². The largest absolute Gasteiger partial charge is 0.414 e. The van der Waals surface area contributed by atoms with Crippen molar-refractivity contribution in [2.75, 3.05) is 13.1 Å². The van der Waals surface area contributed by atoms with Gasteiger partial charge in [-0.1, -0.05) is 6.58 Å². The lowest BCUT2D eigenvalue weighted by Crippen LogP contribution is -2.15. The van der Waals surface area contributed by atoms with Crippen LogP contribution in [-0.2, 0) is 4.84 Å². The first kappa shape index (κ1) is 5.63. The molecule has 0 radical (unpaired) electrons. The fourth-order valence-corrected chi connectivity index (χ4v) is 0.899. The topological polar surface area (TPSA) is 12.5 Å². The van der Waals surface area contributed by atoms with Crippen molar-refractivity contribution in [2.24, 2.45) is 0 Å². The molecule has 0 N–H and O–H groups in total. The second-order valence-electron chi connectivity index (χ2n) is 1.91. The Morgan fingerprint density at radius 1 is 1.38 bits per heavy atom. The fourth-order valence-electron chi connectivity index (χ4n) is 0.899. The van der Waals surface area contributed by atoms with Crippen LogP contribution in [0.2, 0.25) is 0 Å². The van der Waals surface area contributed by atoms with Gasteiger partial charge in [0, 0.05) is 13.1 Å². The van der Waals surface area contributed by atoms with Crippen LogP contribution in [-0.4, -0.2) is 18.2 Å². The average molecular weight is 113 g/mol. The van der Waals surface area contributed by atoms with Gasteiger partial charge in [0.25, 0.3) is 0 Å². The maximum atomic E-state index is 5.00. The molecule has 0 aromatic carbocycles. The summed E-state index contributed by atoms with van der Waals surface area (Å²) in [6.07, 6.45) is 3.99. The van der Waals surface area contributed by atoms with Crippen LogP contribution in [0.5, 0.6) is 0 Å². The zero-order valence-electron chi connectivity index (χ0n) is 4.97. The first-order valence-electron chi connectivity index (χ1n) is 2.96. The zero-order valence-corrected chi connectivity index (χ0v) is 4.97. The van der Waals surface area contributed by atoms with Crippen molar-refractivity contribution in [3.8, 4) is 0 Å². The van der Waals surface area contributed by atoms with E-state index in [0.29, 0.717) is 0 Å². The Hall–Kier alpha value is -0.500. The molecule has 1 aliphatic rings. The van der Waals surface area contributed by atoms with Gasteiger partial charge in [0.05, 0.1) is 0 Å². The average Bonchev–Trinajstić information content (AvgIpc) is 2.19. The smallest absolute Gasteiger partial charge is 0.104 e.